The van der Waals surface area contributed by atoms with Crippen molar-refractivity contribution in [2.24, 2.45) is 0 Å². The van der Waals surface area contributed by atoms with Gasteiger partial charge >= 0.3 is 5.97 Å². The highest BCUT2D eigenvalue weighted by Crippen LogP contribution is 2.38. The second-order valence-electron chi connectivity index (χ2n) is 12.1. The number of para-hydroxylation sites is 1. The third-order valence-corrected chi connectivity index (χ3v) is 10.5. The molecule has 12 heteroatoms. The van der Waals surface area contributed by atoms with E-state index in [0.717, 1.165) is 34.9 Å². The minimum Gasteiger partial charge on any atom is -0.477 e. The van der Waals surface area contributed by atoms with Gasteiger partial charge in [-0.1, -0.05) is 30.3 Å². The number of sulfonamides is 1. The number of benzene rings is 3. The van der Waals surface area contributed by atoms with Crippen molar-refractivity contribution < 1.29 is 22.7 Å². The SMILES string of the molecule is O=C(O)c1cn(C2CC2)c2cc(N3CCN(Cc4ccc(S(=O)(=O)NCCc5c[nH]c6ccccc56)cc4)CC3)c(F)cc2c1=O. The molecular formula is C34H34FN5O5S. The maximum atomic E-state index is 15.3. The minimum atomic E-state index is -3.65. The van der Waals surface area contributed by atoms with Crippen LogP contribution >= 0.6 is 0 Å². The van der Waals surface area contributed by atoms with Crippen molar-refractivity contribution in [2.75, 3.05) is 37.6 Å². The van der Waals surface area contributed by atoms with Gasteiger partial charge in [-0.05, 0) is 60.7 Å². The third-order valence-electron chi connectivity index (χ3n) is 8.99. The molecule has 1 aliphatic heterocycles. The van der Waals surface area contributed by atoms with Gasteiger partial charge in [0.2, 0.25) is 15.5 Å². The average Bonchev–Trinajstić information content (AvgIpc) is 3.81. The number of hydrogen-bond donors (Lipinski definition) is 3. The number of aromatic amines is 1. The maximum Gasteiger partial charge on any atom is 0.341 e. The highest BCUT2D eigenvalue weighted by Gasteiger charge is 2.28. The van der Waals surface area contributed by atoms with E-state index in [0.29, 0.717) is 50.3 Å². The summed E-state index contributed by atoms with van der Waals surface area (Å²) in [4.78, 5) is 32.1. The Morgan fingerprint density at radius 3 is 2.46 bits per heavy atom. The molecule has 2 fully saturated rings. The first-order valence-electron chi connectivity index (χ1n) is 15.4. The summed E-state index contributed by atoms with van der Waals surface area (Å²) in [6, 6.07) is 17.8. The maximum absolute atomic E-state index is 15.3. The monoisotopic (exact) mass is 643 g/mol. The van der Waals surface area contributed by atoms with E-state index in [9.17, 15) is 23.1 Å². The van der Waals surface area contributed by atoms with Crippen LogP contribution in [-0.2, 0) is 23.0 Å². The number of pyridine rings is 1. The highest BCUT2D eigenvalue weighted by atomic mass is 32.2. The predicted molar refractivity (Wildman–Crippen MR) is 175 cm³/mol. The molecule has 238 valence electrons. The number of nitrogens with one attached hydrogen (secondary N) is 2. The van der Waals surface area contributed by atoms with E-state index >= 15 is 4.39 Å². The second kappa shape index (κ2) is 12.0. The lowest BCUT2D eigenvalue weighted by molar-refractivity contribution is 0.0694. The number of piperazine rings is 1. The van der Waals surface area contributed by atoms with Crippen molar-refractivity contribution in [3.05, 3.63) is 106 Å². The molecule has 2 aliphatic rings. The van der Waals surface area contributed by atoms with Gasteiger partial charge in [0.25, 0.3) is 0 Å². The quantitative estimate of drug-likeness (QED) is 0.205. The van der Waals surface area contributed by atoms with Crippen molar-refractivity contribution >= 4 is 43.5 Å². The molecule has 3 aromatic carbocycles. The van der Waals surface area contributed by atoms with Crippen LogP contribution in [0.4, 0.5) is 10.1 Å². The number of H-pyrrole nitrogens is 1. The Hall–Kier alpha value is -4.52. The van der Waals surface area contributed by atoms with E-state index in [4.69, 9.17) is 0 Å². The first-order chi connectivity index (χ1) is 22.2. The molecule has 0 unspecified atom stereocenters. The number of carbonyl (C=O) groups is 1. The van der Waals surface area contributed by atoms with Crippen LogP contribution in [0.25, 0.3) is 21.8 Å². The summed E-state index contributed by atoms with van der Waals surface area (Å²) in [5.74, 6) is -1.86. The lowest BCUT2D eigenvalue weighted by atomic mass is 10.1. The van der Waals surface area contributed by atoms with Gasteiger partial charge in [0, 0.05) is 74.0 Å². The van der Waals surface area contributed by atoms with Crippen LogP contribution in [-0.4, -0.2) is 66.7 Å². The Balaban J connectivity index is 0.973. The fourth-order valence-electron chi connectivity index (χ4n) is 6.33. The average molecular weight is 644 g/mol. The zero-order chi connectivity index (χ0) is 32.0. The topological polar surface area (TPSA) is 128 Å². The van der Waals surface area contributed by atoms with Crippen LogP contribution in [0.5, 0.6) is 0 Å². The van der Waals surface area contributed by atoms with Gasteiger partial charge in [0.15, 0.2) is 0 Å². The smallest absolute Gasteiger partial charge is 0.341 e. The van der Waals surface area contributed by atoms with Crippen molar-refractivity contribution in [3.63, 3.8) is 0 Å². The van der Waals surface area contributed by atoms with E-state index in [-0.39, 0.29) is 28.4 Å². The summed E-state index contributed by atoms with van der Waals surface area (Å²) >= 11 is 0. The molecule has 0 atom stereocenters. The third kappa shape index (κ3) is 5.91. The van der Waals surface area contributed by atoms with Crippen molar-refractivity contribution in [1.82, 2.24) is 19.2 Å². The Labute approximate surface area is 265 Å². The number of rotatable bonds is 10. The number of anilines is 1. The van der Waals surface area contributed by atoms with Gasteiger partial charge in [0.05, 0.1) is 16.1 Å². The van der Waals surface area contributed by atoms with E-state index in [1.165, 1.54) is 12.3 Å². The fourth-order valence-corrected chi connectivity index (χ4v) is 7.36. The van der Waals surface area contributed by atoms with Crippen LogP contribution in [0.3, 0.4) is 0 Å². The molecule has 0 radical (unpaired) electrons. The van der Waals surface area contributed by atoms with Crippen LogP contribution < -0.4 is 15.1 Å². The molecule has 3 heterocycles. The molecule has 7 rings (SSSR count). The molecule has 0 bridgehead atoms. The standard InChI is InChI=1S/C34H34FN5O5S/c35-29-17-27-31(40(24-7-8-24)21-28(33(27)41)34(42)43)18-32(29)39-15-13-38(14-16-39)20-22-5-9-25(10-6-22)46(44,45)37-12-11-23-19-36-30-4-2-1-3-26(23)30/h1-6,9-10,17-19,21,24,36-37H,7-8,11-16,20H2,(H,42,43). The van der Waals surface area contributed by atoms with Gasteiger partial charge < -0.3 is 19.6 Å². The molecule has 1 saturated carbocycles. The number of carboxylic acid groups (broad SMARTS) is 1. The first-order valence-corrected chi connectivity index (χ1v) is 16.9. The number of aromatic nitrogens is 2. The lowest BCUT2D eigenvalue weighted by Gasteiger charge is -2.36. The second-order valence-corrected chi connectivity index (χ2v) is 13.8. The predicted octanol–water partition coefficient (Wildman–Crippen LogP) is 4.50. The first kappa shape index (κ1) is 30.2. The summed E-state index contributed by atoms with van der Waals surface area (Å²) < 4.78 is 45.7. The van der Waals surface area contributed by atoms with E-state index in [2.05, 4.69) is 14.6 Å². The molecule has 0 amide bonds. The highest BCUT2D eigenvalue weighted by molar-refractivity contribution is 7.89. The molecule has 0 spiro atoms. The molecule has 10 nitrogen and oxygen atoms in total. The summed E-state index contributed by atoms with van der Waals surface area (Å²) in [7, 11) is -3.65. The largest absolute Gasteiger partial charge is 0.477 e. The number of halogens is 1. The Morgan fingerprint density at radius 2 is 1.74 bits per heavy atom. The van der Waals surface area contributed by atoms with Gasteiger partial charge in [-0.3, -0.25) is 9.69 Å². The number of carboxylic acids is 1. The van der Waals surface area contributed by atoms with Crippen molar-refractivity contribution in [1.29, 1.82) is 0 Å². The Morgan fingerprint density at radius 1 is 1.00 bits per heavy atom. The summed E-state index contributed by atoms with van der Waals surface area (Å²) in [6.07, 6.45) is 5.65. The number of nitrogens with zero attached hydrogens (tertiary/aromatic N) is 3. The van der Waals surface area contributed by atoms with Gasteiger partial charge in [-0.15, -0.1) is 0 Å². The summed E-state index contributed by atoms with van der Waals surface area (Å²) in [6.45, 7) is 3.38. The molecule has 5 aromatic rings. The number of fused-ring (bicyclic) bond motifs is 2. The molecule has 1 aliphatic carbocycles. The van der Waals surface area contributed by atoms with E-state index in [1.807, 2.05) is 52.1 Å². The van der Waals surface area contributed by atoms with Crippen molar-refractivity contribution in [2.45, 2.75) is 36.7 Å². The normalized spacial score (nSPS) is 16.0. The molecule has 1 saturated heterocycles. The zero-order valence-electron chi connectivity index (χ0n) is 25.1. The van der Waals surface area contributed by atoms with Crippen LogP contribution in [0.2, 0.25) is 0 Å². The molecular weight excluding hydrogens is 609 g/mol. The molecule has 3 N–H and O–H groups in total. The number of hydrogen-bond acceptors (Lipinski definition) is 6. The minimum absolute atomic E-state index is 0.0848. The summed E-state index contributed by atoms with van der Waals surface area (Å²) in [5.41, 5.74) is 3.00. The van der Waals surface area contributed by atoms with E-state index in [1.54, 1.807) is 18.2 Å². The summed E-state index contributed by atoms with van der Waals surface area (Å²) in [5, 5.41) is 10.7. The van der Waals surface area contributed by atoms with Gasteiger partial charge in [-0.2, -0.15) is 0 Å². The van der Waals surface area contributed by atoms with Crippen LogP contribution in [0.1, 0.15) is 40.4 Å². The lowest BCUT2D eigenvalue weighted by Crippen LogP contribution is -2.46. The fraction of sp³-hybridized carbons (Fsp3) is 0.294. The zero-order valence-corrected chi connectivity index (χ0v) is 25.9. The van der Waals surface area contributed by atoms with E-state index < -0.39 is 27.2 Å². The van der Waals surface area contributed by atoms with Crippen LogP contribution in [0.15, 0.2) is 82.7 Å². The Kier molecular flexibility index (Phi) is 7.87. The van der Waals surface area contributed by atoms with Crippen LogP contribution in [0, 0.1) is 5.82 Å². The van der Waals surface area contributed by atoms with Crippen molar-refractivity contribution in [3.8, 4) is 0 Å². The molecule has 46 heavy (non-hydrogen) atoms. The number of aromatic carboxylic acids is 1. The Bertz CT molecular complexity index is 2110. The van der Waals surface area contributed by atoms with Gasteiger partial charge in [-0.25, -0.2) is 22.3 Å². The molecule has 2 aromatic heterocycles. The van der Waals surface area contributed by atoms with Gasteiger partial charge in [0.1, 0.15) is 11.4 Å².